The van der Waals surface area contributed by atoms with Crippen molar-refractivity contribution in [2.24, 2.45) is 0 Å². The van der Waals surface area contributed by atoms with E-state index in [0.717, 1.165) is 43.7 Å². The molecule has 1 atom stereocenters. The first kappa shape index (κ1) is 20.6. The Labute approximate surface area is 188 Å². The molecule has 2 aliphatic heterocycles. The lowest BCUT2D eigenvalue weighted by molar-refractivity contribution is -0.141. The van der Waals surface area contributed by atoms with E-state index in [9.17, 15) is 4.79 Å². The molecule has 6 nitrogen and oxygen atoms in total. The highest BCUT2D eigenvalue weighted by molar-refractivity contribution is 5.76. The molecule has 0 radical (unpaired) electrons. The largest absolute Gasteiger partial charge is 0.366 e. The number of rotatable bonds is 5. The van der Waals surface area contributed by atoms with E-state index in [0.29, 0.717) is 13.0 Å². The van der Waals surface area contributed by atoms with Crippen molar-refractivity contribution in [1.29, 1.82) is 0 Å². The molecule has 1 fully saturated rings. The molecule has 2 aromatic heterocycles. The van der Waals surface area contributed by atoms with Crippen LogP contribution in [0.5, 0.6) is 0 Å². The zero-order chi connectivity index (χ0) is 21.8. The number of hydrogen-bond donors (Lipinski definition) is 1. The van der Waals surface area contributed by atoms with Gasteiger partial charge in [0, 0.05) is 38.2 Å². The van der Waals surface area contributed by atoms with Crippen LogP contribution in [0.3, 0.4) is 0 Å². The van der Waals surface area contributed by atoms with E-state index in [1.807, 2.05) is 30.5 Å². The summed E-state index contributed by atoms with van der Waals surface area (Å²) in [6.45, 7) is 2.25. The highest BCUT2D eigenvalue weighted by Gasteiger charge is 2.44. The van der Waals surface area contributed by atoms with Crippen molar-refractivity contribution < 1.29 is 9.53 Å². The highest BCUT2D eigenvalue weighted by Crippen LogP contribution is 2.44. The van der Waals surface area contributed by atoms with Gasteiger partial charge in [-0.2, -0.15) is 0 Å². The number of anilines is 1. The van der Waals surface area contributed by atoms with Gasteiger partial charge < -0.3 is 15.0 Å². The van der Waals surface area contributed by atoms with E-state index in [1.165, 1.54) is 11.1 Å². The Kier molecular flexibility index (Phi) is 5.86. The van der Waals surface area contributed by atoms with E-state index < -0.39 is 0 Å². The third-order valence-corrected chi connectivity index (χ3v) is 6.52. The van der Waals surface area contributed by atoms with Crippen LogP contribution in [0.4, 0.5) is 5.82 Å². The number of pyridine rings is 2. The van der Waals surface area contributed by atoms with Crippen LogP contribution in [0.1, 0.15) is 36.0 Å². The number of hydrogen-bond acceptors (Lipinski definition) is 5. The predicted molar refractivity (Wildman–Crippen MR) is 123 cm³/mol. The van der Waals surface area contributed by atoms with E-state index in [-0.39, 0.29) is 17.6 Å². The van der Waals surface area contributed by atoms with E-state index in [2.05, 4.69) is 50.5 Å². The maximum Gasteiger partial charge on any atom is 0.222 e. The van der Waals surface area contributed by atoms with Crippen LogP contribution in [0.25, 0.3) is 0 Å². The summed E-state index contributed by atoms with van der Waals surface area (Å²) in [5, 5.41) is 3.01. The number of ether oxygens (including phenoxy) is 1. The number of nitrogens with one attached hydrogen (secondary N) is 1. The summed E-state index contributed by atoms with van der Waals surface area (Å²) in [5.74, 6) is 1.03. The number of piperidine rings is 1. The summed E-state index contributed by atoms with van der Waals surface area (Å²) in [5.41, 5.74) is 3.24. The number of carbonyl (C=O) groups is 1. The van der Waals surface area contributed by atoms with Gasteiger partial charge in [-0.1, -0.05) is 36.4 Å². The van der Waals surface area contributed by atoms with Gasteiger partial charge in [0.15, 0.2) is 0 Å². The standard InChI is InChI=1S/C26H28N4O2/c31-25(29-19-20-6-5-12-27-18-20)17-22-16-21-7-1-2-8-23(21)26(32-22)10-14-30(15-11-26)24-9-3-4-13-28-24/h1-9,12-13,18,22H,10-11,14-17,19H2,(H,29,31). The fourth-order valence-corrected chi connectivity index (χ4v) is 4.93. The van der Waals surface area contributed by atoms with Crippen molar-refractivity contribution in [3.8, 4) is 0 Å². The van der Waals surface area contributed by atoms with Gasteiger partial charge in [-0.3, -0.25) is 9.78 Å². The second kappa shape index (κ2) is 9.09. The minimum Gasteiger partial charge on any atom is -0.366 e. The van der Waals surface area contributed by atoms with Crippen LogP contribution < -0.4 is 10.2 Å². The molecule has 4 heterocycles. The quantitative estimate of drug-likeness (QED) is 0.672. The molecule has 3 aromatic rings. The smallest absolute Gasteiger partial charge is 0.222 e. The topological polar surface area (TPSA) is 67.4 Å². The van der Waals surface area contributed by atoms with Crippen LogP contribution in [0.2, 0.25) is 0 Å². The summed E-state index contributed by atoms with van der Waals surface area (Å²) >= 11 is 0. The first-order chi connectivity index (χ1) is 15.7. The van der Waals surface area contributed by atoms with Gasteiger partial charge in [0.25, 0.3) is 0 Å². The number of carbonyl (C=O) groups excluding carboxylic acids is 1. The summed E-state index contributed by atoms with van der Waals surface area (Å²) in [4.78, 5) is 23.6. The highest BCUT2D eigenvalue weighted by atomic mass is 16.5. The fraction of sp³-hybridized carbons (Fsp3) is 0.346. The van der Waals surface area contributed by atoms with Crippen molar-refractivity contribution in [2.45, 2.75) is 43.9 Å². The number of benzene rings is 1. The minimum atomic E-state index is -0.339. The Morgan fingerprint density at radius 2 is 1.91 bits per heavy atom. The van der Waals surface area contributed by atoms with Gasteiger partial charge in [-0.15, -0.1) is 0 Å². The van der Waals surface area contributed by atoms with Gasteiger partial charge in [0.05, 0.1) is 18.1 Å². The zero-order valence-corrected chi connectivity index (χ0v) is 18.1. The molecule has 32 heavy (non-hydrogen) atoms. The van der Waals surface area contributed by atoms with E-state index in [4.69, 9.17) is 4.74 Å². The fourth-order valence-electron chi connectivity index (χ4n) is 4.93. The second-order valence-electron chi connectivity index (χ2n) is 8.61. The zero-order valence-electron chi connectivity index (χ0n) is 18.1. The Bertz CT molecular complexity index is 1050. The first-order valence-corrected chi connectivity index (χ1v) is 11.3. The molecular weight excluding hydrogens is 400 g/mol. The number of amides is 1. The lowest BCUT2D eigenvalue weighted by Crippen LogP contribution is -2.49. The van der Waals surface area contributed by atoms with Crippen molar-refractivity contribution in [2.75, 3.05) is 18.0 Å². The normalized spacial score (nSPS) is 19.4. The Hall–Kier alpha value is -3.25. The third-order valence-electron chi connectivity index (χ3n) is 6.52. The van der Waals surface area contributed by atoms with Gasteiger partial charge in [-0.25, -0.2) is 4.98 Å². The monoisotopic (exact) mass is 428 g/mol. The second-order valence-corrected chi connectivity index (χ2v) is 8.61. The molecule has 5 rings (SSSR count). The third kappa shape index (κ3) is 4.36. The Morgan fingerprint density at radius 3 is 2.69 bits per heavy atom. The van der Waals surface area contributed by atoms with Crippen molar-refractivity contribution >= 4 is 11.7 Å². The minimum absolute atomic E-state index is 0.0132. The molecular formula is C26H28N4O2. The van der Waals surface area contributed by atoms with Crippen molar-refractivity contribution in [3.05, 3.63) is 89.9 Å². The van der Waals surface area contributed by atoms with Crippen molar-refractivity contribution in [1.82, 2.24) is 15.3 Å². The molecule has 1 aromatic carbocycles. The maximum absolute atomic E-state index is 12.7. The molecule has 0 saturated carbocycles. The molecule has 0 bridgehead atoms. The molecule has 1 N–H and O–H groups in total. The molecule has 1 unspecified atom stereocenters. The SMILES string of the molecule is O=C(CC1Cc2ccccc2C2(CCN(c3ccccn3)CC2)O1)NCc1cccnc1. The van der Waals surface area contributed by atoms with Crippen molar-refractivity contribution in [3.63, 3.8) is 0 Å². The van der Waals surface area contributed by atoms with Gasteiger partial charge in [-0.05, 0) is 54.2 Å². The molecule has 1 saturated heterocycles. The first-order valence-electron chi connectivity index (χ1n) is 11.3. The summed E-state index contributed by atoms with van der Waals surface area (Å²) < 4.78 is 6.73. The molecule has 1 amide bonds. The average molecular weight is 429 g/mol. The molecule has 1 spiro atoms. The van der Waals surface area contributed by atoms with Crippen LogP contribution in [0, 0.1) is 0 Å². The summed E-state index contributed by atoms with van der Waals surface area (Å²) in [7, 11) is 0. The van der Waals surface area contributed by atoms with Crippen LogP contribution in [-0.2, 0) is 28.1 Å². The summed E-state index contributed by atoms with van der Waals surface area (Å²) in [6, 6.07) is 18.4. The van der Waals surface area contributed by atoms with Crippen LogP contribution in [-0.4, -0.2) is 35.1 Å². The Morgan fingerprint density at radius 1 is 1.06 bits per heavy atom. The molecule has 2 aliphatic rings. The number of fused-ring (bicyclic) bond motifs is 2. The number of aromatic nitrogens is 2. The lowest BCUT2D eigenvalue weighted by atomic mass is 9.78. The maximum atomic E-state index is 12.7. The van der Waals surface area contributed by atoms with Gasteiger partial charge >= 0.3 is 0 Å². The average Bonchev–Trinajstić information content (AvgIpc) is 2.84. The van der Waals surface area contributed by atoms with Crippen LogP contribution >= 0.6 is 0 Å². The van der Waals surface area contributed by atoms with E-state index >= 15 is 0 Å². The predicted octanol–water partition coefficient (Wildman–Crippen LogP) is 3.62. The molecule has 0 aliphatic carbocycles. The summed E-state index contributed by atoms with van der Waals surface area (Å²) in [6.07, 6.45) is 8.12. The van der Waals surface area contributed by atoms with E-state index in [1.54, 1.807) is 12.4 Å². The lowest BCUT2D eigenvalue weighted by Gasteiger charge is -2.47. The molecule has 164 valence electrons. The molecule has 6 heteroatoms. The number of nitrogens with zero attached hydrogens (tertiary/aromatic N) is 3. The van der Waals surface area contributed by atoms with Crippen LogP contribution in [0.15, 0.2) is 73.2 Å². The van der Waals surface area contributed by atoms with Gasteiger partial charge in [0.1, 0.15) is 5.82 Å². The Balaban J connectivity index is 1.28. The van der Waals surface area contributed by atoms with Gasteiger partial charge in [0.2, 0.25) is 5.91 Å².